The van der Waals surface area contributed by atoms with Crippen molar-refractivity contribution in [1.29, 1.82) is 0 Å². The molecule has 18 heavy (non-hydrogen) atoms. The Morgan fingerprint density at radius 2 is 2.11 bits per heavy atom. The zero-order valence-corrected chi connectivity index (χ0v) is 11.0. The van der Waals surface area contributed by atoms with Gasteiger partial charge in [-0.05, 0) is 37.9 Å². The summed E-state index contributed by atoms with van der Waals surface area (Å²) in [5.41, 5.74) is 0.253. The number of hydrogen-bond acceptors (Lipinski definition) is 3. The number of aliphatic hydroxyl groups is 1. The number of halogens is 1. The number of nitrogens with one attached hydrogen (secondary N) is 1. The van der Waals surface area contributed by atoms with Gasteiger partial charge >= 0.3 is 0 Å². The highest BCUT2D eigenvalue weighted by Crippen LogP contribution is 2.40. The maximum absolute atomic E-state index is 13.7. The van der Waals surface area contributed by atoms with Crippen LogP contribution in [0.25, 0.3) is 0 Å². The van der Waals surface area contributed by atoms with Crippen LogP contribution in [0, 0.1) is 11.7 Å². The lowest BCUT2D eigenvalue weighted by molar-refractivity contribution is 0.152. The van der Waals surface area contributed by atoms with Gasteiger partial charge in [0.1, 0.15) is 5.82 Å². The van der Waals surface area contributed by atoms with Crippen LogP contribution in [0.2, 0.25) is 0 Å². The molecule has 3 nitrogen and oxygen atoms in total. The topological polar surface area (TPSA) is 35.5 Å². The molecule has 0 aliphatic heterocycles. The Morgan fingerprint density at radius 3 is 2.61 bits per heavy atom. The third-order valence-corrected chi connectivity index (χ3v) is 3.92. The summed E-state index contributed by atoms with van der Waals surface area (Å²) in [7, 11) is 3.73. The van der Waals surface area contributed by atoms with Gasteiger partial charge in [0, 0.05) is 13.6 Å². The molecule has 0 amide bonds. The van der Waals surface area contributed by atoms with Crippen LogP contribution in [0.3, 0.4) is 0 Å². The zero-order chi connectivity index (χ0) is 13.2. The molecule has 1 aromatic rings. The molecule has 0 heterocycles. The molecule has 0 spiro atoms. The number of aliphatic hydroxyl groups excluding tert-OH is 1. The van der Waals surface area contributed by atoms with Crippen molar-refractivity contribution in [2.75, 3.05) is 32.1 Å². The van der Waals surface area contributed by atoms with E-state index in [0.29, 0.717) is 18.2 Å². The lowest BCUT2D eigenvalue weighted by Crippen LogP contribution is -2.56. The Kier molecular flexibility index (Phi) is 3.88. The molecule has 1 fully saturated rings. The fourth-order valence-electron chi connectivity index (χ4n) is 2.58. The van der Waals surface area contributed by atoms with Gasteiger partial charge < -0.3 is 15.3 Å². The molecule has 1 unspecified atom stereocenters. The second kappa shape index (κ2) is 5.24. The molecule has 1 saturated carbocycles. The van der Waals surface area contributed by atoms with Gasteiger partial charge in [0.05, 0.1) is 17.8 Å². The fourth-order valence-corrected chi connectivity index (χ4v) is 2.58. The zero-order valence-electron chi connectivity index (χ0n) is 11.0. The minimum Gasteiger partial charge on any atom is -0.394 e. The van der Waals surface area contributed by atoms with Crippen LogP contribution in [0.4, 0.5) is 10.1 Å². The van der Waals surface area contributed by atoms with E-state index in [4.69, 9.17) is 0 Å². The summed E-state index contributed by atoms with van der Waals surface area (Å²) in [4.78, 5) is 1.88. The summed E-state index contributed by atoms with van der Waals surface area (Å²) in [6, 6.07) is 6.74. The van der Waals surface area contributed by atoms with E-state index < -0.39 is 0 Å². The number of hydrogen-bond donors (Lipinski definition) is 2. The van der Waals surface area contributed by atoms with Crippen molar-refractivity contribution < 1.29 is 9.50 Å². The van der Waals surface area contributed by atoms with Crippen LogP contribution in [-0.4, -0.2) is 37.9 Å². The van der Waals surface area contributed by atoms with E-state index in [2.05, 4.69) is 5.32 Å². The van der Waals surface area contributed by atoms with Crippen LogP contribution >= 0.6 is 0 Å². The summed E-state index contributed by atoms with van der Waals surface area (Å²) in [5.74, 6) is 0.264. The van der Waals surface area contributed by atoms with Gasteiger partial charge in [0.2, 0.25) is 0 Å². The Balaban J connectivity index is 2.14. The van der Waals surface area contributed by atoms with E-state index in [-0.39, 0.29) is 18.0 Å². The summed E-state index contributed by atoms with van der Waals surface area (Å²) >= 11 is 0. The van der Waals surface area contributed by atoms with E-state index in [9.17, 15) is 9.50 Å². The Labute approximate surface area is 108 Å². The van der Waals surface area contributed by atoms with Gasteiger partial charge in [-0.3, -0.25) is 0 Å². The molecule has 2 N–H and O–H groups in total. The first-order valence-corrected chi connectivity index (χ1v) is 6.38. The van der Waals surface area contributed by atoms with Gasteiger partial charge in [-0.15, -0.1) is 0 Å². The largest absolute Gasteiger partial charge is 0.394 e. The van der Waals surface area contributed by atoms with Gasteiger partial charge in [-0.25, -0.2) is 4.39 Å². The fraction of sp³-hybridized carbons (Fsp3) is 0.571. The molecule has 1 aliphatic carbocycles. The van der Waals surface area contributed by atoms with Crippen molar-refractivity contribution in [3.05, 3.63) is 30.1 Å². The number of para-hydroxylation sites is 1. The molecule has 0 aromatic heterocycles. The van der Waals surface area contributed by atoms with E-state index >= 15 is 0 Å². The second-order valence-corrected chi connectivity index (χ2v) is 5.15. The van der Waals surface area contributed by atoms with E-state index in [0.717, 1.165) is 12.8 Å². The predicted octanol–water partition coefficient (Wildman–Crippen LogP) is 1.62. The predicted molar refractivity (Wildman–Crippen MR) is 71.3 cm³/mol. The SMILES string of the molecule is CNC(CO)(CN(C)c1ccccc1F)C1CC1. The molecule has 2 rings (SSSR count). The first-order valence-electron chi connectivity index (χ1n) is 6.38. The highest BCUT2D eigenvalue weighted by Gasteiger charge is 2.44. The highest BCUT2D eigenvalue weighted by molar-refractivity contribution is 5.47. The monoisotopic (exact) mass is 252 g/mol. The number of benzene rings is 1. The summed E-state index contributed by atoms with van der Waals surface area (Å²) in [6.45, 7) is 0.679. The molecule has 0 radical (unpaired) electrons. The van der Waals surface area contributed by atoms with Crippen LogP contribution in [0.1, 0.15) is 12.8 Å². The summed E-state index contributed by atoms with van der Waals surface area (Å²) in [6.07, 6.45) is 2.26. The van der Waals surface area contributed by atoms with Crippen LogP contribution in [-0.2, 0) is 0 Å². The molecule has 4 heteroatoms. The molecule has 0 saturated heterocycles. The van der Waals surface area contributed by atoms with E-state index in [1.165, 1.54) is 6.07 Å². The molecule has 1 aliphatic rings. The molecule has 0 bridgehead atoms. The van der Waals surface area contributed by atoms with Crippen molar-refractivity contribution in [3.63, 3.8) is 0 Å². The third kappa shape index (κ3) is 2.49. The molecular formula is C14H21FN2O. The minimum atomic E-state index is -0.322. The van der Waals surface area contributed by atoms with Crippen molar-refractivity contribution in [2.45, 2.75) is 18.4 Å². The third-order valence-electron chi connectivity index (χ3n) is 3.92. The quantitative estimate of drug-likeness (QED) is 0.807. The maximum Gasteiger partial charge on any atom is 0.146 e. The molecule has 1 aromatic carbocycles. The Hall–Kier alpha value is -1.13. The average molecular weight is 252 g/mol. The van der Waals surface area contributed by atoms with Crippen molar-refractivity contribution in [2.24, 2.45) is 5.92 Å². The Morgan fingerprint density at radius 1 is 1.44 bits per heavy atom. The molecule has 1 atom stereocenters. The number of rotatable bonds is 6. The summed E-state index contributed by atoms with van der Waals surface area (Å²) in [5, 5.41) is 12.9. The molecular weight excluding hydrogens is 231 g/mol. The first-order chi connectivity index (χ1) is 8.63. The summed E-state index contributed by atoms with van der Waals surface area (Å²) < 4.78 is 13.7. The first kappa shape index (κ1) is 13.3. The van der Waals surface area contributed by atoms with Crippen LogP contribution in [0.15, 0.2) is 24.3 Å². The normalized spacial score (nSPS) is 18.4. The smallest absolute Gasteiger partial charge is 0.146 e. The number of likely N-dealkylation sites (N-methyl/N-ethyl adjacent to an activating group) is 2. The lowest BCUT2D eigenvalue weighted by Gasteiger charge is -2.36. The van der Waals surface area contributed by atoms with Crippen LogP contribution in [0.5, 0.6) is 0 Å². The maximum atomic E-state index is 13.7. The van der Waals surface area contributed by atoms with Crippen LogP contribution < -0.4 is 10.2 Å². The standard InChI is InChI=1S/C14H21FN2O/c1-16-14(10-18,11-7-8-11)9-17(2)13-6-4-3-5-12(13)15/h3-6,11,16,18H,7-10H2,1-2H3. The number of anilines is 1. The Bertz CT molecular complexity index is 403. The average Bonchev–Trinajstić information content (AvgIpc) is 3.21. The van der Waals surface area contributed by atoms with Crippen molar-refractivity contribution in [3.8, 4) is 0 Å². The second-order valence-electron chi connectivity index (χ2n) is 5.15. The molecule has 100 valence electrons. The number of nitrogens with zero attached hydrogens (tertiary/aromatic N) is 1. The van der Waals surface area contributed by atoms with Gasteiger partial charge in [0.25, 0.3) is 0 Å². The van der Waals surface area contributed by atoms with Gasteiger partial charge in [0.15, 0.2) is 0 Å². The van der Waals surface area contributed by atoms with Gasteiger partial charge in [-0.1, -0.05) is 12.1 Å². The van der Waals surface area contributed by atoms with Gasteiger partial charge in [-0.2, -0.15) is 0 Å². The highest BCUT2D eigenvalue weighted by atomic mass is 19.1. The van der Waals surface area contributed by atoms with E-state index in [1.807, 2.05) is 25.1 Å². The van der Waals surface area contributed by atoms with Crippen molar-refractivity contribution >= 4 is 5.69 Å². The lowest BCUT2D eigenvalue weighted by atomic mass is 9.93. The van der Waals surface area contributed by atoms with Crippen molar-refractivity contribution in [1.82, 2.24) is 5.32 Å². The van der Waals surface area contributed by atoms with E-state index in [1.54, 1.807) is 12.1 Å². The minimum absolute atomic E-state index is 0.0763.